The molecule has 0 bridgehead atoms. The molecule has 0 aromatic heterocycles. The monoisotopic (exact) mass is 145 g/mol. The van der Waals surface area contributed by atoms with Crippen molar-refractivity contribution in [1.29, 1.82) is 0 Å². The van der Waals surface area contributed by atoms with Crippen molar-refractivity contribution in [3.63, 3.8) is 0 Å². The number of carboxylic acid groups (broad SMARTS) is 1. The number of hydrogen-bond donors (Lipinski definition) is 1. The Hall–Kier alpha value is -1.06. The summed E-state index contributed by atoms with van der Waals surface area (Å²) in [6.07, 6.45) is 1.81. The second kappa shape index (κ2) is 4.78. The van der Waals surface area contributed by atoms with Gasteiger partial charge in [0.15, 0.2) is 0 Å². The maximum atomic E-state index is 10.5. The molecule has 4 nitrogen and oxygen atoms in total. The minimum atomic E-state index is -0.250. The smallest absolute Gasteiger partial charge is 0.290 e. The van der Waals surface area contributed by atoms with Gasteiger partial charge in [-0.05, 0) is 6.42 Å². The molecule has 0 radical (unpaired) electrons. The zero-order valence-corrected chi connectivity index (χ0v) is 5.91. The fourth-order valence-electron chi connectivity index (χ4n) is 0.783. The van der Waals surface area contributed by atoms with Gasteiger partial charge in [-0.2, -0.15) is 0 Å². The molecule has 1 N–H and O–H groups in total. The molecule has 1 rings (SSSR count). The molecular weight excluding hydrogens is 134 g/mol. The first-order valence-corrected chi connectivity index (χ1v) is 3.04. The first-order valence-electron chi connectivity index (χ1n) is 3.04. The van der Waals surface area contributed by atoms with E-state index in [2.05, 4.69) is 0 Å². The highest BCUT2D eigenvalue weighted by atomic mass is 16.3. The van der Waals surface area contributed by atoms with E-state index in [1.165, 1.54) is 0 Å². The molecule has 1 saturated heterocycles. The Morgan fingerprint density at radius 2 is 2.20 bits per heavy atom. The summed E-state index contributed by atoms with van der Waals surface area (Å²) in [6, 6.07) is 0. The van der Waals surface area contributed by atoms with Crippen LogP contribution in [0.5, 0.6) is 0 Å². The number of carbonyl (C=O) groups excluding carboxylic acids is 1. The van der Waals surface area contributed by atoms with Crippen LogP contribution in [0, 0.1) is 0 Å². The van der Waals surface area contributed by atoms with E-state index in [1.54, 1.807) is 4.90 Å². The summed E-state index contributed by atoms with van der Waals surface area (Å²) in [6.45, 7) is 0.707. The fraction of sp³-hybridized carbons (Fsp3) is 0.667. The number of carbonyl (C=O) groups is 2. The van der Waals surface area contributed by atoms with E-state index in [0.717, 1.165) is 19.4 Å². The Balaban J connectivity index is 0.000000236. The lowest BCUT2D eigenvalue weighted by Gasteiger charge is -2.03. The van der Waals surface area contributed by atoms with Crippen molar-refractivity contribution in [2.75, 3.05) is 13.6 Å². The molecule has 0 aliphatic carbocycles. The van der Waals surface area contributed by atoms with E-state index in [-0.39, 0.29) is 6.47 Å². The first kappa shape index (κ1) is 8.94. The molecule has 0 aromatic carbocycles. The number of likely N-dealkylation sites (tertiary alicyclic amines) is 1. The van der Waals surface area contributed by atoms with Crippen LogP contribution in [-0.4, -0.2) is 36.0 Å². The summed E-state index contributed by atoms with van der Waals surface area (Å²) in [7, 11) is 1.84. The van der Waals surface area contributed by atoms with Crippen LogP contribution in [0.25, 0.3) is 0 Å². The van der Waals surface area contributed by atoms with Crippen LogP contribution in [0.3, 0.4) is 0 Å². The van der Waals surface area contributed by atoms with Crippen LogP contribution in [0.15, 0.2) is 0 Å². The third-order valence-electron chi connectivity index (χ3n) is 1.31. The average Bonchev–Trinajstić information content (AvgIpc) is 2.19. The Kier molecular flexibility index (Phi) is 4.28. The number of amides is 1. The van der Waals surface area contributed by atoms with Crippen molar-refractivity contribution < 1.29 is 14.7 Å². The maximum absolute atomic E-state index is 10.5. The molecule has 0 saturated carbocycles. The van der Waals surface area contributed by atoms with Gasteiger partial charge in [-0.1, -0.05) is 0 Å². The highest BCUT2D eigenvalue weighted by Gasteiger charge is 2.14. The number of rotatable bonds is 0. The third-order valence-corrected chi connectivity index (χ3v) is 1.31. The van der Waals surface area contributed by atoms with E-state index < -0.39 is 0 Å². The molecule has 4 heteroatoms. The van der Waals surface area contributed by atoms with Gasteiger partial charge >= 0.3 is 0 Å². The summed E-state index contributed by atoms with van der Waals surface area (Å²) < 4.78 is 0. The Bertz CT molecular complexity index is 124. The normalized spacial score (nSPS) is 16.1. The van der Waals surface area contributed by atoms with Gasteiger partial charge in [-0.25, -0.2) is 0 Å². The molecule has 0 atom stereocenters. The predicted octanol–water partition coefficient (Wildman–Crippen LogP) is -0.0606. The highest BCUT2D eigenvalue weighted by molar-refractivity contribution is 5.77. The summed E-state index contributed by atoms with van der Waals surface area (Å²) >= 11 is 0. The van der Waals surface area contributed by atoms with E-state index in [9.17, 15) is 4.79 Å². The van der Waals surface area contributed by atoms with E-state index in [0.29, 0.717) is 5.91 Å². The van der Waals surface area contributed by atoms with Crippen LogP contribution in [-0.2, 0) is 9.59 Å². The van der Waals surface area contributed by atoms with Gasteiger partial charge in [-0.3, -0.25) is 9.59 Å². The molecule has 0 unspecified atom stereocenters. The SMILES string of the molecule is CN1CCCC1=O.O=CO. The van der Waals surface area contributed by atoms with Crippen LogP contribution in [0.1, 0.15) is 12.8 Å². The number of hydrogen-bond acceptors (Lipinski definition) is 2. The van der Waals surface area contributed by atoms with Gasteiger partial charge in [0.05, 0.1) is 0 Å². The van der Waals surface area contributed by atoms with E-state index >= 15 is 0 Å². The summed E-state index contributed by atoms with van der Waals surface area (Å²) in [5.74, 6) is 0.292. The lowest BCUT2D eigenvalue weighted by molar-refractivity contribution is -0.126. The molecule has 1 fully saturated rings. The lowest BCUT2D eigenvalue weighted by atomic mass is 10.4. The van der Waals surface area contributed by atoms with Crippen molar-refractivity contribution in [2.45, 2.75) is 12.8 Å². The summed E-state index contributed by atoms with van der Waals surface area (Å²) in [5, 5.41) is 6.89. The lowest BCUT2D eigenvalue weighted by Crippen LogP contribution is -2.17. The van der Waals surface area contributed by atoms with Gasteiger partial charge in [-0.15, -0.1) is 0 Å². The van der Waals surface area contributed by atoms with Crippen molar-refractivity contribution in [1.82, 2.24) is 4.90 Å². The second-order valence-corrected chi connectivity index (χ2v) is 2.02. The average molecular weight is 145 g/mol. The predicted molar refractivity (Wildman–Crippen MR) is 35.6 cm³/mol. The third kappa shape index (κ3) is 3.06. The molecule has 1 heterocycles. The molecule has 1 amide bonds. The van der Waals surface area contributed by atoms with Crippen LogP contribution in [0.4, 0.5) is 0 Å². The van der Waals surface area contributed by atoms with Gasteiger partial charge in [0.25, 0.3) is 6.47 Å². The van der Waals surface area contributed by atoms with E-state index in [1.807, 2.05) is 7.05 Å². The van der Waals surface area contributed by atoms with Crippen LogP contribution >= 0.6 is 0 Å². The van der Waals surface area contributed by atoms with Crippen molar-refractivity contribution >= 4 is 12.4 Å². The van der Waals surface area contributed by atoms with Crippen molar-refractivity contribution in [3.05, 3.63) is 0 Å². The van der Waals surface area contributed by atoms with Gasteiger partial charge in [0.1, 0.15) is 0 Å². The largest absolute Gasteiger partial charge is 0.483 e. The Labute approximate surface area is 59.4 Å². The highest BCUT2D eigenvalue weighted by Crippen LogP contribution is 2.04. The van der Waals surface area contributed by atoms with Crippen LogP contribution in [0.2, 0.25) is 0 Å². The molecule has 0 aromatic rings. The Morgan fingerprint density at radius 3 is 2.30 bits per heavy atom. The second-order valence-electron chi connectivity index (χ2n) is 2.02. The van der Waals surface area contributed by atoms with E-state index in [4.69, 9.17) is 9.90 Å². The zero-order valence-electron chi connectivity index (χ0n) is 5.91. The fourth-order valence-corrected chi connectivity index (χ4v) is 0.783. The number of nitrogens with zero attached hydrogens (tertiary/aromatic N) is 1. The molecular formula is C6H11NO3. The minimum absolute atomic E-state index is 0.250. The quantitative estimate of drug-likeness (QED) is 0.486. The van der Waals surface area contributed by atoms with Crippen LogP contribution < -0.4 is 0 Å². The maximum Gasteiger partial charge on any atom is 0.290 e. The van der Waals surface area contributed by atoms with Gasteiger partial charge in [0.2, 0.25) is 5.91 Å². The van der Waals surface area contributed by atoms with Crippen molar-refractivity contribution in [3.8, 4) is 0 Å². The molecule has 1 aliphatic rings. The zero-order chi connectivity index (χ0) is 7.98. The first-order chi connectivity index (χ1) is 4.72. The topological polar surface area (TPSA) is 57.6 Å². The summed E-state index contributed by atoms with van der Waals surface area (Å²) in [5.41, 5.74) is 0. The van der Waals surface area contributed by atoms with Gasteiger partial charge in [0, 0.05) is 20.0 Å². The standard InChI is InChI=1S/C5H9NO.CH2O2/c1-6-4-2-3-5(6)7;2-1-3/h2-4H2,1H3;1H,(H,2,3). The summed E-state index contributed by atoms with van der Waals surface area (Å²) in [4.78, 5) is 20.6. The molecule has 0 spiro atoms. The Morgan fingerprint density at radius 1 is 1.70 bits per heavy atom. The van der Waals surface area contributed by atoms with Crippen molar-refractivity contribution in [2.24, 2.45) is 0 Å². The molecule has 10 heavy (non-hydrogen) atoms. The van der Waals surface area contributed by atoms with Gasteiger partial charge < -0.3 is 10.0 Å². The molecule has 58 valence electrons. The minimum Gasteiger partial charge on any atom is -0.483 e. The molecule has 1 aliphatic heterocycles.